The third-order valence-electron chi connectivity index (χ3n) is 0. The molecule has 1 N–H and O–H groups in total. The molecule has 0 fully saturated rings. The molecule has 0 aliphatic heterocycles. The first-order valence-corrected chi connectivity index (χ1v) is 0.913. The molecule has 42 valence electrons. The van der Waals surface area contributed by atoms with E-state index in [4.69, 9.17) is 5.02 Å². The molecule has 0 aromatic heterocycles. The van der Waals surface area contributed by atoms with Crippen LogP contribution in [0.15, 0.2) is 0 Å². The maximum absolute atomic E-state index is 9.97. The van der Waals surface area contributed by atoms with Gasteiger partial charge in [-0.15, -0.1) is 0 Å². The van der Waals surface area contributed by atoms with Gasteiger partial charge in [0.1, 0.15) is 0 Å². The maximum atomic E-state index is 9.97. The van der Waals surface area contributed by atoms with Crippen LogP contribution < -0.4 is 0 Å². The molecule has 1 nitrogen and oxygen atoms in total. The molecular weight excluding hydrogens is 192 g/mol. The topological polar surface area (TPSA) is 20.2 Å². The van der Waals surface area contributed by atoms with E-state index in [9.17, 15) is 12.9 Å². The van der Waals surface area contributed by atoms with Crippen LogP contribution in [0.3, 0.4) is 0 Å². The predicted molar refractivity (Wildman–Crippen MR) is 11.3 cm³/mol. The number of rotatable bonds is 0. The van der Waals surface area contributed by atoms with E-state index >= 15 is 0 Å². The summed E-state index contributed by atoms with van der Waals surface area (Å²) in [6, 6.07) is 0. The van der Waals surface area contributed by atoms with Crippen molar-refractivity contribution >= 4 is 7.18 Å². The van der Waals surface area contributed by atoms with Crippen LogP contribution in [0.25, 0.3) is 0 Å². The van der Waals surface area contributed by atoms with Crippen LogP contribution in [0.5, 0.6) is 0 Å². The SMILES string of the molecule is O[B-](F)(F)F.[Ag+]. The zero-order valence-corrected chi connectivity index (χ0v) is 3.94. The van der Waals surface area contributed by atoms with Gasteiger partial charge in [0, 0.05) is 0 Å². The van der Waals surface area contributed by atoms with E-state index in [0.29, 0.717) is 0 Å². The molecule has 0 aromatic carbocycles. The average molecular weight is 193 g/mol. The Labute approximate surface area is 48.1 Å². The fourth-order valence-corrected chi connectivity index (χ4v) is 0. The van der Waals surface area contributed by atoms with Crippen LogP contribution in [-0.2, 0) is 22.4 Å². The summed E-state index contributed by atoms with van der Waals surface area (Å²) in [5.74, 6) is 0. The maximum Gasteiger partial charge on any atom is 1.00 e. The Balaban J connectivity index is 0. The summed E-state index contributed by atoms with van der Waals surface area (Å²) in [6.07, 6.45) is 0. The van der Waals surface area contributed by atoms with Crippen LogP contribution >= 0.6 is 0 Å². The Bertz CT molecular complexity index is 26.3. The first-order chi connectivity index (χ1) is 2.00. The summed E-state index contributed by atoms with van der Waals surface area (Å²) in [5.41, 5.74) is 0. The zero-order valence-electron chi connectivity index (χ0n) is 2.46. The van der Waals surface area contributed by atoms with Crippen molar-refractivity contribution in [1.82, 2.24) is 0 Å². The molecule has 0 spiro atoms. The van der Waals surface area contributed by atoms with E-state index in [2.05, 4.69) is 0 Å². The van der Waals surface area contributed by atoms with Crippen LogP contribution in [0.2, 0.25) is 0 Å². The van der Waals surface area contributed by atoms with Crippen molar-refractivity contribution in [2.45, 2.75) is 0 Å². The first-order valence-electron chi connectivity index (χ1n) is 0.913. The molecule has 0 atom stereocenters. The summed E-state index contributed by atoms with van der Waals surface area (Å²) in [6.45, 7) is 0. The van der Waals surface area contributed by atoms with Gasteiger partial charge < -0.3 is 18.0 Å². The average Bonchev–Trinajstić information content (AvgIpc) is 0.722. The molecule has 0 aliphatic carbocycles. The van der Waals surface area contributed by atoms with Gasteiger partial charge in [-0.2, -0.15) is 0 Å². The molecule has 6 heteroatoms. The van der Waals surface area contributed by atoms with E-state index in [-0.39, 0.29) is 22.4 Å². The van der Waals surface area contributed by atoms with Gasteiger partial charge in [-0.3, -0.25) is 0 Å². The zero-order chi connectivity index (χ0) is 4.50. The Morgan fingerprint density at radius 2 is 1.17 bits per heavy atom. The molecule has 0 amide bonds. The van der Waals surface area contributed by atoms with E-state index in [1.54, 1.807) is 0 Å². The molecule has 0 radical (unpaired) electrons. The second-order valence-corrected chi connectivity index (χ2v) is 0.540. The molecule has 0 aromatic rings. The van der Waals surface area contributed by atoms with Gasteiger partial charge in [-0.1, -0.05) is 0 Å². The normalized spacial score (nSPS) is 10.0. The van der Waals surface area contributed by atoms with Gasteiger partial charge in [0.2, 0.25) is 0 Å². The third-order valence-corrected chi connectivity index (χ3v) is 0. The van der Waals surface area contributed by atoms with Gasteiger partial charge in [0.25, 0.3) is 0 Å². The fourth-order valence-electron chi connectivity index (χ4n) is 0. The van der Waals surface area contributed by atoms with E-state index < -0.39 is 7.18 Å². The Kier molecular flexibility index (Phi) is 4.36. The standard InChI is InChI=1S/Ag.BF3HO/c;2-1(3,4)5/h;5H/q+1;-1. The summed E-state index contributed by atoms with van der Waals surface area (Å²) in [7, 11) is -5.50. The minimum absolute atomic E-state index is 0. The molecule has 0 bridgehead atoms. The minimum atomic E-state index is -5.50. The summed E-state index contributed by atoms with van der Waals surface area (Å²) < 4.78 is 29.9. The summed E-state index contributed by atoms with van der Waals surface area (Å²) >= 11 is 0. The molecular formula is HAgBF3O. The second kappa shape index (κ2) is 2.68. The Morgan fingerprint density at radius 3 is 1.17 bits per heavy atom. The van der Waals surface area contributed by atoms with Gasteiger partial charge in [0.15, 0.2) is 0 Å². The first kappa shape index (κ1) is 9.75. The quantitative estimate of drug-likeness (QED) is 0.549. The monoisotopic (exact) mass is 192 g/mol. The van der Waals surface area contributed by atoms with Crippen LogP contribution in [0.4, 0.5) is 12.9 Å². The van der Waals surface area contributed by atoms with Crippen LogP contribution in [0.1, 0.15) is 0 Å². The van der Waals surface area contributed by atoms with Crippen molar-refractivity contribution in [3.05, 3.63) is 0 Å². The molecule has 0 saturated carbocycles. The Morgan fingerprint density at radius 1 is 1.17 bits per heavy atom. The van der Waals surface area contributed by atoms with Gasteiger partial charge >= 0.3 is 29.6 Å². The third kappa shape index (κ3) is 187. The van der Waals surface area contributed by atoms with Crippen molar-refractivity contribution in [2.75, 3.05) is 0 Å². The number of hydrogen-bond acceptors (Lipinski definition) is 1. The number of halogens is 3. The summed E-state index contributed by atoms with van der Waals surface area (Å²) in [4.78, 5) is 0. The van der Waals surface area contributed by atoms with Crippen molar-refractivity contribution in [3.8, 4) is 0 Å². The van der Waals surface area contributed by atoms with Gasteiger partial charge in [-0.05, 0) is 0 Å². The molecule has 0 heterocycles. The largest absolute Gasteiger partial charge is 1.00 e. The molecule has 0 rings (SSSR count). The molecule has 0 saturated heterocycles. The smallest absolute Gasteiger partial charge is 0.523 e. The predicted octanol–water partition coefficient (Wildman–Crippen LogP) is 0.320. The fraction of sp³-hybridized carbons (Fsp3) is 0. The van der Waals surface area contributed by atoms with Crippen molar-refractivity contribution in [3.63, 3.8) is 0 Å². The van der Waals surface area contributed by atoms with Gasteiger partial charge in [0.05, 0.1) is 0 Å². The van der Waals surface area contributed by atoms with E-state index in [1.807, 2.05) is 0 Å². The number of hydrogen-bond donors (Lipinski definition) is 1. The molecule has 0 unspecified atom stereocenters. The Hall–Kier alpha value is 0.555. The minimum Gasteiger partial charge on any atom is -0.523 e. The van der Waals surface area contributed by atoms with Crippen molar-refractivity contribution in [2.24, 2.45) is 0 Å². The second-order valence-electron chi connectivity index (χ2n) is 0.540. The summed E-state index contributed by atoms with van der Waals surface area (Å²) in [5, 5.41) is 6.58. The molecule has 6 heavy (non-hydrogen) atoms. The van der Waals surface area contributed by atoms with Crippen molar-refractivity contribution in [1.29, 1.82) is 0 Å². The van der Waals surface area contributed by atoms with Gasteiger partial charge in [-0.25, -0.2) is 0 Å². The van der Waals surface area contributed by atoms with Crippen LogP contribution in [0, 0.1) is 0 Å². The van der Waals surface area contributed by atoms with E-state index in [1.165, 1.54) is 0 Å². The molecule has 0 aliphatic rings. The van der Waals surface area contributed by atoms with E-state index in [0.717, 1.165) is 0 Å². The van der Waals surface area contributed by atoms with Crippen molar-refractivity contribution < 1.29 is 40.4 Å². The van der Waals surface area contributed by atoms with Crippen LogP contribution in [-0.4, -0.2) is 12.2 Å².